The van der Waals surface area contributed by atoms with Gasteiger partial charge in [0.2, 0.25) is 0 Å². The van der Waals surface area contributed by atoms with Crippen LogP contribution in [-0.4, -0.2) is 40.6 Å². The molecule has 0 N–H and O–H groups in total. The van der Waals surface area contributed by atoms with Crippen LogP contribution in [0.15, 0.2) is 66.7 Å². The van der Waals surface area contributed by atoms with Gasteiger partial charge in [0, 0.05) is 36.5 Å². The van der Waals surface area contributed by atoms with Crippen LogP contribution in [-0.2, 0) is 0 Å². The van der Waals surface area contributed by atoms with Gasteiger partial charge in [0.25, 0.3) is 23.4 Å². The first-order chi connectivity index (χ1) is 15.8. The molecule has 3 amide bonds. The lowest BCUT2D eigenvalue weighted by Gasteiger charge is -2.27. The Morgan fingerprint density at radius 3 is 2.09 bits per heavy atom. The van der Waals surface area contributed by atoms with E-state index in [0.717, 1.165) is 16.0 Å². The maximum absolute atomic E-state index is 13.4. The van der Waals surface area contributed by atoms with Crippen LogP contribution in [0, 0.1) is 24.0 Å². The van der Waals surface area contributed by atoms with Crippen molar-refractivity contribution in [1.82, 2.24) is 4.90 Å². The van der Waals surface area contributed by atoms with Crippen LogP contribution in [0.1, 0.15) is 42.2 Å². The van der Waals surface area contributed by atoms with Gasteiger partial charge in [-0.25, -0.2) is 0 Å². The van der Waals surface area contributed by atoms with Crippen molar-refractivity contribution in [2.75, 3.05) is 18.0 Å². The Morgan fingerprint density at radius 2 is 1.55 bits per heavy atom. The number of carbonyl (C=O) groups excluding carboxylic acids is 3. The summed E-state index contributed by atoms with van der Waals surface area (Å²) in [6.45, 7) is 3.90. The third-order valence-corrected chi connectivity index (χ3v) is 5.64. The van der Waals surface area contributed by atoms with Crippen molar-refractivity contribution in [3.05, 3.63) is 105 Å². The first kappa shape index (κ1) is 21.9. The molecule has 3 aromatic carbocycles. The highest BCUT2D eigenvalue weighted by Gasteiger charge is 2.35. The molecule has 0 bridgehead atoms. The predicted molar refractivity (Wildman–Crippen MR) is 122 cm³/mol. The van der Waals surface area contributed by atoms with Gasteiger partial charge in [-0.2, -0.15) is 0 Å². The van der Waals surface area contributed by atoms with Gasteiger partial charge in [-0.15, -0.1) is 0 Å². The maximum atomic E-state index is 13.4. The number of hydrogen-bond acceptors (Lipinski definition) is 5. The Bertz CT molecular complexity index is 1250. The number of nitrogens with zero attached hydrogens (tertiary/aromatic N) is 3. The molecule has 0 aliphatic carbocycles. The van der Waals surface area contributed by atoms with Crippen molar-refractivity contribution in [3.8, 4) is 0 Å². The fourth-order valence-corrected chi connectivity index (χ4v) is 3.96. The summed E-state index contributed by atoms with van der Waals surface area (Å²) in [7, 11) is 0. The SMILES string of the molecule is Cc1ccc(N(CCN2C(=O)c3ccccc3C2=O)C(=O)c2ccc([N+](=O)[O-])cc2)c(C)c1. The molecule has 3 aromatic rings. The number of imide groups is 1. The van der Waals surface area contributed by atoms with Crippen molar-refractivity contribution in [1.29, 1.82) is 0 Å². The number of hydrogen-bond donors (Lipinski definition) is 0. The highest BCUT2D eigenvalue weighted by atomic mass is 16.6. The highest BCUT2D eigenvalue weighted by Crippen LogP contribution is 2.26. The van der Waals surface area contributed by atoms with Gasteiger partial charge in [0.05, 0.1) is 16.1 Å². The van der Waals surface area contributed by atoms with E-state index in [2.05, 4.69) is 0 Å². The minimum absolute atomic E-state index is 0.0123. The predicted octanol–water partition coefficient (Wildman–Crippen LogP) is 4.15. The average Bonchev–Trinajstić information content (AvgIpc) is 3.05. The molecule has 8 nitrogen and oxygen atoms in total. The molecule has 0 radical (unpaired) electrons. The van der Waals surface area contributed by atoms with Crippen LogP contribution in [0.3, 0.4) is 0 Å². The van der Waals surface area contributed by atoms with Crippen molar-refractivity contribution in [2.24, 2.45) is 0 Å². The largest absolute Gasteiger partial charge is 0.306 e. The van der Waals surface area contributed by atoms with E-state index in [9.17, 15) is 24.5 Å². The summed E-state index contributed by atoms with van der Waals surface area (Å²) in [4.78, 5) is 52.0. The summed E-state index contributed by atoms with van der Waals surface area (Å²) in [5.74, 6) is -1.16. The molecular formula is C25H21N3O5. The van der Waals surface area contributed by atoms with Crippen molar-refractivity contribution in [2.45, 2.75) is 13.8 Å². The van der Waals surface area contributed by atoms with Crippen LogP contribution in [0.25, 0.3) is 0 Å². The molecule has 1 heterocycles. The molecule has 0 unspecified atom stereocenters. The molecule has 0 fully saturated rings. The quantitative estimate of drug-likeness (QED) is 0.324. The molecule has 8 heteroatoms. The number of non-ortho nitro benzene ring substituents is 1. The van der Waals surface area contributed by atoms with E-state index < -0.39 is 4.92 Å². The van der Waals surface area contributed by atoms with E-state index >= 15 is 0 Å². The number of aryl methyl sites for hydroxylation is 2. The van der Waals surface area contributed by atoms with Crippen molar-refractivity contribution >= 4 is 29.1 Å². The van der Waals surface area contributed by atoms with Gasteiger partial charge in [0.15, 0.2) is 0 Å². The van der Waals surface area contributed by atoms with Gasteiger partial charge >= 0.3 is 0 Å². The molecule has 4 rings (SSSR count). The zero-order valence-electron chi connectivity index (χ0n) is 18.1. The van der Waals surface area contributed by atoms with E-state index in [0.29, 0.717) is 16.8 Å². The molecule has 0 atom stereocenters. The molecule has 33 heavy (non-hydrogen) atoms. The first-order valence-corrected chi connectivity index (χ1v) is 10.4. The summed E-state index contributed by atoms with van der Waals surface area (Å²) in [5.41, 5.74) is 3.37. The molecular weight excluding hydrogens is 422 g/mol. The fourth-order valence-electron chi connectivity index (χ4n) is 3.96. The van der Waals surface area contributed by atoms with Crippen LogP contribution < -0.4 is 4.90 Å². The van der Waals surface area contributed by atoms with E-state index in [1.54, 1.807) is 24.3 Å². The van der Waals surface area contributed by atoms with E-state index in [1.807, 2.05) is 32.0 Å². The normalized spacial score (nSPS) is 12.6. The Kier molecular flexibility index (Phi) is 5.74. The van der Waals surface area contributed by atoms with Gasteiger partial charge in [-0.05, 0) is 49.7 Å². The van der Waals surface area contributed by atoms with Crippen LogP contribution in [0.5, 0.6) is 0 Å². The smallest absolute Gasteiger partial charge is 0.269 e. The summed E-state index contributed by atoms with van der Waals surface area (Å²) < 4.78 is 0. The average molecular weight is 443 g/mol. The second-order valence-electron chi connectivity index (χ2n) is 7.86. The summed E-state index contributed by atoms with van der Waals surface area (Å²) in [6, 6.07) is 17.6. The van der Waals surface area contributed by atoms with Crippen molar-refractivity contribution in [3.63, 3.8) is 0 Å². The van der Waals surface area contributed by atoms with Gasteiger partial charge in [0.1, 0.15) is 0 Å². The number of carbonyl (C=O) groups is 3. The molecule has 0 aromatic heterocycles. The number of benzene rings is 3. The molecule has 1 aliphatic heterocycles. The van der Waals surface area contributed by atoms with Crippen LogP contribution >= 0.6 is 0 Å². The van der Waals surface area contributed by atoms with Crippen LogP contribution in [0.2, 0.25) is 0 Å². The lowest BCUT2D eigenvalue weighted by atomic mass is 10.1. The minimum Gasteiger partial charge on any atom is -0.306 e. The summed E-state index contributed by atoms with van der Waals surface area (Å²) in [5, 5.41) is 11.0. The molecule has 1 aliphatic rings. The van der Waals surface area contributed by atoms with Crippen LogP contribution in [0.4, 0.5) is 11.4 Å². The van der Waals surface area contributed by atoms with Gasteiger partial charge in [-0.1, -0.05) is 29.8 Å². The number of nitro groups is 1. The number of anilines is 1. The van der Waals surface area contributed by atoms with Gasteiger partial charge < -0.3 is 4.90 Å². The first-order valence-electron chi connectivity index (χ1n) is 10.4. The third kappa shape index (κ3) is 4.10. The highest BCUT2D eigenvalue weighted by molar-refractivity contribution is 6.21. The topological polar surface area (TPSA) is 101 Å². The fraction of sp³-hybridized carbons (Fsp3) is 0.160. The Morgan fingerprint density at radius 1 is 0.939 bits per heavy atom. The minimum atomic E-state index is -0.529. The maximum Gasteiger partial charge on any atom is 0.269 e. The Hall–Kier alpha value is -4.33. The number of fused-ring (bicyclic) bond motifs is 1. The Labute approximate surface area is 190 Å². The molecule has 0 saturated heterocycles. The monoisotopic (exact) mass is 443 g/mol. The van der Waals surface area contributed by atoms with E-state index in [-0.39, 0.29) is 42.1 Å². The number of nitro benzene ring substituents is 1. The molecule has 166 valence electrons. The third-order valence-electron chi connectivity index (χ3n) is 5.64. The van der Waals surface area contributed by atoms with E-state index in [1.165, 1.54) is 29.2 Å². The second kappa shape index (κ2) is 8.66. The second-order valence-corrected chi connectivity index (χ2v) is 7.86. The summed E-state index contributed by atoms with van der Waals surface area (Å²) in [6.07, 6.45) is 0. The standard InChI is InChI=1S/C25H21N3O5/c1-16-7-12-22(17(2)15-16)26(23(29)18-8-10-19(11-9-18)28(32)33)13-14-27-24(30)20-5-3-4-6-21(20)25(27)31/h3-12,15H,13-14H2,1-2H3. The van der Waals surface area contributed by atoms with Gasteiger partial charge in [-0.3, -0.25) is 29.4 Å². The lowest BCUT2D eigenvalue weighted by Crippen LogP contribution is -2.41. The van der Waals surface area contributed by atoms with Crippen molar-refractivity contribution < 1.29 is 19.3 Å². The summed E-state index contributed by atoms with van der Waals surface area (Å²) >= 11 is 0. The zero-order valence-corrected chi connectivity index (χ0v) is 18.1. The van der Waals surface area contributed by atoms with E-state index in [4.69, 9.17) is 0 Å². The number of rotatable bonds is 6. The lowest BCUT2D eigenvalue weighted by molar-refractivity contribution is -0.384. The number of amides is 3. The molecule has 0 spiro atoms. The zero-order chi connectivity index (χ0) is 23.7. The Balaban J connectivity index is 1.64. The molecule has 0 saturated carbocycles.